The fourth-order valence-corrected chi connectivity index (χ4v) is 6.92. The summed E-state index contributed by atoms with van der Waals surface area (Å²) in [5, 5.41) is 13.8. The molecule has 0 spiro atoms. The zero-order valence-corrected chi connectivity index (χ0v) is 23.9. The number of halogens is 2. The van der Waals surface area contributed by atoms with Crippen LogP contribution in [0.15, 0.2) is 46.9 Å². The van der Waals surface area contributed by atoms with E-state index in [0.717, 1.165) is 45.4 Å². The number of nitrogens with one attached hydrogen (secondary N) is 1. The lowest BCUT2D eigenvalue weighted by atomic mass is 9.82. The van der Waals surface area contributed by atoms with Crippen molar-refractivity contribution >= 4 is 56.1 Å². The van der Waals surface area contributed by atoms with Crippen LogP contribution in [0.1, 0.15) is 65.9 Å². The van der Waals surface area contributed by atoms with Crippen molar-refractivity contribution in [1.29, 1.82) is 0 Å². The normalized spacial score (nSPS) is 19.8. The molecule has 2 fully saturated rings. The van der Waals surface area contributed by atoms with Gasteiger partial charge in [-0.3, -0.25) is 9.59 Å². The van der Waals surface area contributed by atoms with Gasteiger partial charge in [-0.15, -0.1) is 0 Å². The number of carboxylic acid groups (broad SMARTS) is 1. The van der Waals surface area contributed by atoms with Gasteiger partial charge in [-0.1, -0.05) is 58.6 Å². The maximum atomic E-state index is 13.8. The minimum atomic E-state index is -0.870. The van der Waals surface area contributed by atoms with Crippen LogP contribution in [0.2, 0.25) is 5.02 Å². The summed E-state index contributed by atoms with van der Waals surface area (Å²) >= 11 is 10.0. The molecule has 1 amide bonds. The molecule has 2 aliphatic rings. The smallest absolute Gasteiger partial charge is 0.303 e. The van der Waals surface area contributed by atoms with Crippen molar-refractivity contribution in [2.24, 2.45) is 11.8 Å². The molecule has 1 aliphatic carbocycles. The predicted molar refractivity (Wildman–Crippen MR) is 155 cm³/mol. The van der Waals surface area contributed by atoms with Crippen LogP contribution in [0.25, 0.3) is 10.9 Å². The van der Waals surface area contributed by atoms with E-state index in [1.54, 1.807) is 6.07 Å². The van der Waals surface area contributed by atoms with Crippen LogP contribution >= 0.6 is 27.5 Å². The number of benzene rings is 2. The van der Waals surface area contributed by atoms with Crippen LogP contribution in [0, 0.1) is 18.8 Å². The van der Waals surface area contributed by atoms with E-state index < -0.39 is 5.97 Å². The Kier molecular flexibility index (Phi) is 8.24. The molecule has 200 valence electrons. The molecule has 1 aromatic heterocycles. The van der Waals surface area contributed by atoms with Crippen molar-refractivity contribution < 1.29 is 14.7 Å². The monoisotopic (exact) mass is 597 g/mol. The average molecular weight is 599 g/mol. The fourth-order valence-electron chi connectivity index (χ4n) is 6.27. The van der Waals surface area contributed by atoms with E-state index in [1.165, 1.54) is 25.7 Å². The molecule has 1 saturated carbocycles. The van der Waals surface area contributed by atoms with E-state index in [4.69, 9.17) is 16.6 Å². The van der Waals surface area contributed by atoms with Gasteiger partial charge in [0.05, 0.1) is 11.1 Å². The molecule has 8 heteroatoms. The summed E-state index contributed by atoms with van der Waals surface area (Å²) in [5.41, 5.74) is 3.14. The van der Waals surface area contributed by atoms with Crippen LogP contribution in [-0.4, -0.2) is 41.6 Å². The van der Waals surface area contributed by atoms with Crippen LogP contribution in [0.5, 0.6) is 0 Å². The van der Waals surface area contributed by atoms with Gasteiger partial charge in [0.1, 0.15) is 5.82 Å². The minimum Gasteiger partial charge on any atom is -0.481 e. The summed E-state index contributed by atoms with van der Waals surface area (Å²) in [5.74, 6) is 1.03. The molecule has 6 nitrogen and oxygen atoms in total. The number of anilines is 1. The van der Waals surface area contributed by atoms with E-state index in [-0.39, 0.29) is 24.8 Å². The highest BCUT2D eigenvalue weighted by atomic mass is 79.9. The maximum absolute atomic E-state index is 13.8. The number of pyridine rings is 1. The molecule has 2 N–H and O–H groups in total. The number of hydrogen-bond donors (Lipinski definition) is 2. The Balaban J connectivity index is 1.46. The number of fused-ring (bicyclic) bond motifs is 2. The van der Waals surface area contributed by atoms with E-state index in [2.05, 4.69) is 26.1 Å². The molecule has 0 bridgehead atoms. The molecular weight excluding hydrogens is 566 g/mol. The number of carbonyl (C=O) groups excluding carboxylic acids is 1. The predicted octanol–water partition coefficient (Wildman–Crippen LogP) is 6.96. The second-order valence-corrected chi connectivity index (χ2v) is 12.0. The van der Waals surface area contributed by atoms with E-state index in [1.807, 2.05) is 43.3 Å². The van der Waals surface area contributed by atoms with Gasteiger partial charge in [-0.25, -0.2) is 4.98 Å². The van der Waals surface area contributed by atoms with Crippen molar-refractivity contribution in [1.82, 2.24) is 10.3 Å². The van der Waals surface area contributed by atoms with Gasteiger partial charge in [0, 0.05) is 52.4 Å². The largest absolute Gasteiger partial charge is 0.481 e. The van der Waals surface area contributed by atoms with Gasteiger partial charge in [-0.2, -0.15) is 0 Å². The molecule has 38 heavy (non-hydrogen) atoms. The topological polar surface area (TPSA) is 82.5 Å². The molecule has 3 unspecified atom stereocenters. The van der Waals surface area contributed by atoms with E-state index >= 15 is 0 Å². The average Bonchev–Trinajstić information content (AvgIpc) is 3.33. The number of carboxylic acids is 1. The summed E-state index contributed by atoms with van der Waals surface area (Å²) in [6.45, 7) is 4.27. The number of nitrogens with zero attached hydrogens (tertiary/aromatic N) is 2. The molecule has 1 aliphatic heterocycles. The Morgan fingerprint density at radius 3 is 2.55 bits per heavy atom. The molecule has 1 saturated heterocycles. The third-order valence-corrected chi connectivity index (χ3v) is 9.07. The summed E-state index contributed by atoms with van der Waals surface area (Å²) in [6.07, 6.45) is 5.52. The van der Waals surface area contributed by atoms with Crippen LogP contribution in [0.3, 0.4) is 0 Å². The molecule has 3 aromatic rings. The number of aromatic nitrogens is 1. The van der Waals surface area contributed by atoms with Crippen LogP contribution in [-0.2, 0) is 4.79 Å². The lowest BCUT2D eigenvalue weighted by Crippen LogP contribution is -2.31. The molecule has 3 atom stereocenters. The molecular formula is C30H33BrClN3O3. The third-order valence-electron chi connectivity index (χ3n) is 8.23. The highest BCUT2D eigenvalue weighted by Gasteiger charge is 2.36. The van der Waals surface area contributed by atoms with Gasteiger partial charge in [-0.05, 0) is 67.9 Å². The lowest BCUT2D eigenvalue weighted by Gasteiger charge is -2.23. The Hall–Kier alpha value is -2.64. The van der Waals surface area contributed by atoms with Gasteiger partial charge >= 0.3 is 5.97 Å². The zero-order valence-electron chi connectivity index (χ0n) is 21.6. The number of amides is 1. The molecule has 0 radical (unpaired) electrons. The summed E-state index contributed by atoms with van der Waals surface area (Å²) in [4.78, 5) is 32.6. The second-order valence-electron chi connectivity index (χ2n) is 10.7. The molecule has 5 rings (SSSR count). The Morgan fingerprint density at radius 1 is 1.16 bits per heavy atom. The lowest BCUT2D eigenvalue weighted by molar-refractivity contribution is -0.137. The molecule has 2 heterocycles. The Labute approximate surface area is 236 Å². The first-order valence-electron chi connectivity index (χ1n) is 13.4. The first-order chi connectivity index (χ1) is 18.3. The minimum absolute atomic E-state index is 0.00262. The first kappa shape index (κ1) is 26.9. The van der Waals surface area contributed by atoms with Gasteiger partial charge < -0.3 is 15.3 Å². The third kappa shape index (κ3) is 5.69. The van der Waals surface area contributed by atoms with Crippen molar-refractivity contribution in [2.75, 3.05) is 24.5 Å². The van der Waals surface area contributed by atoms with Crippen LogP contribution in [0.4, 0.5) is 5.82 Å². The number of hydrogen-bond acceptors (Lipinski definition) is 4. The molecule has 2 aromatic carbocycles. The quantitative estimate of drug-likeness (QED) is 0.293. The fraction of sp³-hybridized carbons (Fsp3) is 0.433. The van der Waals surface area contributed by atoms with Crippen molar-refractivity contribution in [3.63, 3.8) is 0 Å². The van der Waals surface area contributed by atoms with Crippen molar-refractivity contribution in [3.05, 3.63) is 68.7 Å². The number of rotatable bonds is 8. The maximum Gasteiger partial charge on any atom is 0.303 e. The van der Waals surface area contributed by atoms with Crippen molar-refractivity contribution in [2.45, 2.75) is 51.4 Å². The Bertz CT molecular complexity index is 1350. The SMILES string of the molecule is Cc1c(N2CC3CCCCC3C2)nc2ccc(Br)cc2c1C(=O)NCC(CCC(=O)O)c1ccccc1Cl. The zero-order chi connectivity index (χ0) is 26.8. The van der Waals surface area contributed by atoms with Gasteiger partial charge in [0.15, 0.2) is 0 Å². The van der Waals surface area contributed by atoms with E-state index in [0.29, 0.717) is 28.8 Å². The highest BCUT2D eigenvalue weighted by Crippen LogP contribution is 2.40. The highest BCUT2D eigenvalue weighted by molar-refractivity contribution is 9.10. The van der Waals surface area contributed by atoms with Gasteiger partial charge in [0.25, 0.3) is 5.91 Å². The van der Waals surface area contributed by atoms with Gasteiger partial charge in [0.2, 0.25) is 0 Å². The van der Waals surface area contributed by atoms with Crippen LogP contribution < -0.4 is 10.2 Å². The standard InChI is InChI=1S/C30H33BrClN3O3/c1-18-28(30(38)33-15-19(10-13-27(36)37)23-8-4-5-9-25(23)32)24-14-22(31)11-12-26(24)34-29(18)35-16-20-6-2-3-7-21(20)17-35/h4-5,8-9,11-12,14,19-21H,2-3,6-7,10,13,15-17H2,1H3,(H,33,38)(H,36,37). The summed E-state index contributed by atoms with van der Waals surface area (Å²) in [6, 6.07) is 13.3. The number of aliphatic carboxylic acids is 1. The van der Waals surface area contributed by atoms with E-state index in [9.17, 15) is 14.7 Å². The summed E-state index contributed by atoms with van der Waals surface area (Å²) in [7, 11) is 0. The first-order valence-corrected chi connectivity index (χ1v) is 14.6. The second kappa shape index (κ2) is 11.6. The number of carbonyl (C=O) groups is 2. The Morgan fingerprint density at radius 2 is 1.87 bits per heavy atom. The van der Waals surface area contributed by atoms with Crippen molar-refractivity contribution in [3.8, 4) is 0 Å². The summed E-state index contributed by atoms with van der Waals surface area (Å²) < 4.78 is 0.885.